The number of nitrogens with zero attached hydrogens (tertiary/aromatic N) is 2. The molecule has 0 spiro atoms. The summed E-state index contributed by atoms with van der Waals surface area (Å²) in [6.45, 7) is 10.3. The first-order valence-electron chi connectivity index (χ1n) is 10.1. The molecule has 0 bridgehead atoms. The molecule has 156 valence electrons. The van der Waals surface area contributed by atoms with Crippen molar-refractivity contribution in [1.29, 1.82) is 5.26 Å². The maximum Gasteiger partial charge on any atom is 0.411 e. The van der Waals surface area contributed by atoms with Crippen molar-refractivity contribution >= 4 is 22.7 Å². The summed E-state index contributed by atoms with van der Waals surface area (Å²) in [4.78, 5) is 12.0. The highest BCUT2D eigenvalue weighted by molar-refractivity contribution is 5.96. The first-order valence-corrected chi connectivity index (χ1v) is 10.1. The number of ether oxygens (including phenoxy) is 2. The van der Waals surface area contributed by atoms with Crippen LogP contribution in [0.3, 0.4) is 0 Å². The predicted molar refractivity (Wildman–Crippen MR) is 119 cm³/mol. The number of fused-ring (bicyclic) bond motifs is 1. The van der Waals surface area contributed by atoms with E-state index in [0.29, 0.717) is 17.9 Å². The van der Waals surface area contributed by atoms with Gasteiger partial charge < -0.3 is 14.0 Å². The zero-order chi connectivity index (χ0) is 21.8. The van der Waals surface area contributed by atoms with E-state index < -0.39 is 6.09 Å². The van der Waals surface area contributed by atoms with E-state index in [1.54, 1.807) is 19.9 Å². The van der Waals surface area contributed by atoms with Crippen LogP contribution in [-0.4, -0.2) is 23.4 Å². The van der Waals surface area contributed by atoms with Crippen molar-refractivity contribution in [2.45, 2.75) is 46.8 Å². The molecule has 6 heteroatoms. The third-order valence-corrected chi connectivity index (χ3v) is 4.64. The highest BCUT2D eigenvalue weighted by Crippen LogP contribution is 2.38. The van der Waals surface area contributed by atoms with Crippen LogP contribution in [0.1, 0.15) is 46.2 Å². The van der Waals surface area contributed by atoms with Gasteiger partial charge in [-0.25, -0.2) is 4.79 Å². The van der Waals surface area contributed by atoms with Crippen LogP contribution in [-0.2, 0) is 4.74 Å². The first kappa shape index (κ1) is 21.3. The lowest BCUT2D eigenvalue weighted by Gasteiger charge is -2.16. The molecular formula is C24H27N3O3. The van der Waals surface area contributed by atoms with E-state index >= 15 is 0 Å². The number of amides is 1. The molecule has 0 fully saturated rings. The molecule has 0 aliphatic heterocycles. The molecule has 1 amide bonds. The average Bonchev–Trinajstić information content (AvgIpc) is 3.01. The number of rotatable bonds is 6. The largest absolute Gasteiger partial charge is 0.494 e. The Morgan fingerprint density at radius 3 is 2.57 bits per heavy atom. The number of hydrogen-bond donors (Lipinski definition) is 1. The third kappa shape index (κ3) is 4.25. The van der Waals surface area contributed by atoms with Gasteiger partial charge in [-0.05, 0) is 65.0 Å². The van der Waals surface area contributed by atoms with Crippen molar-refractivity contribution in [1.82, 2.24) is 4.57 Å². The normalized spacial score (nSPS) is 11.0. The Hall–Kier alpha value is -3.46. The van der Waals surface area contributed by atoms with Gasteiger partial charge in [0.2, 0.25) is 0 Å². The number of aromatic nitrogens is 1. The zero-order valence-corrected chi connectivity index (χ0v) is 18.0. The number of hydrogen-bond acceptors (Lipinski definition) is 4. The molecule has 0 saturated heterocycles. The second kappa shape index (κ2) is 8.91. The fourth-order valence-electron chi connectivity index (χ4n) is 3.59. The highest BCUT2D eigenvalue weighted by Gasteiger charge is 2.21. The molecule has 0 atom stereocenters. The van der Waals surface area contributed by atoms with Crippen molar-refractivity contribution in [2.24, 2.45) is 0 Å². The highest BCUT2D eigenvalue weighted by atomic mass is 16.6. The summed E-state index contributed by atoms with van der Waals surface area (Å²) >= 11 is 0. The molecule has 0 radical (unpaired) electrons. The molecule has 0 unspecified atom stereocenters. The summed E-state index contributed by atoms with van der Waals surface area (Å²) in [5.74, 6) is 0.737. The van der Waals surface area contributed by atoms with Gasteiger partial charge in [-0.1, -0.05) is 12.1 Å². The number of carbonyl (C=O) groups is 1. The maximum atomic E-state index is 12.0. The number of benzene rings is 2. The Morgan fingerprint density at radius 2 is 1.93 bits per heavy atom. The van der Waals surface area contributed by atoms with Crippen molar-refractivity contribution in [2.75, 3.05) is 11.9 Å². The Morgan fingerprint density at radius 1 is 1.17 bits per heavy atom. The van der Waals surface area contributed by atoms with Gasteiger partial charge in [0, 0.05) is 22.7 Å². The smallest absolute Gasteiger partial charge is 0.411 e. The quantitative estimate of drug-likeness (QED) is 0.536. The molecule has 3 rings (SSSR count). The van der Waals surface area contributed by atoms with Crippen LogP contribution < -0.4 is 10.1 Å². The number of carbonyl (C=O) groups excluding carboxylic acids is 1. The van der Waals surface area contributed by atoms with Gasteiger partial charge in [-0.15, -0.1) is 0 Å². The lowest BCUT2D eigenvalue weighted by Crippen LogP contribution is -2.17. The Balaban J connectivity index is 2.15. The number of nitrogens with one attached hydrogen (secondary N) is 1. The van der Waals surface area contributed by atoms with Gasteiger partial charge in [0.25, 0.3) is 0 Å². The summed E-state index contributed by atoms with van der Waals surface area (Å²) in [7, 11) is 0. The van der Waals surface area contributed by atoms with Crippen molar-refractivity contribution in [3.05, 3.63) is 48.0 Å². The fourth-order valence-corrected chi connectivity index (χ4v) is 3.59. The van der Waals surface area contributed by atoms with Crippen LogP contribution in [0.15, 0.2) is 42.5 Å². The van der Waals surface area contributed by atoms with Crippen molar-refractivity contribution in [3.8, 4) is 23.1 Å². The fraction of sp³-hybridized carbons (Fsp3) is 0.333. The monoisotopic (exact) mass is 405 g/mol. The van der Waals surface area contributed by atoms with E-state index in [9.17, 15) is 10.1 Å². The summed E-state index contributed by atoms with van der Waals surface area (Å²) in [6, 6.07) is 15.8. The van der Waals surface area contributed by atoms with Crippen LogP contribution in [0.4, 0.5) is 10.5 Å². The SMILES string of the molecule is CCOc1ccc2c(c1)c(C#N)c(-c1cccc(NC(=O)OC(C)C)c1)n2C(C)C. The third-order valence-electron chi connectivity index (χ3n) is 4.64. The van der Waals surface area contributed by atoms with E-state index in [1.807, 2.05) is 43.3 Å². The molecule has 1 heterocycles. The van der Waals surface area contributed by atoms with E-state index in [2.05, 4.69) is 29.8 Å². The first-order chi connectivity index (χ1) is 14.3. The standard InChI is InChI=1S/C24H27N3O3/c1-6-29-19-10-11-22-20(13-19)21(14-25)23(27(22)15(2)3)17-8-7-9-18(12-17)26-24(28)30-16(4)5/h7-13,15-16H,6H2,1-5H3,(H,26,28). The maximum absolute atomic E-state index is 12.0. The molecule has 0 aliphatic carbocycles. The Bertz CT molecular complexity index is 1110. The lowest BCUT2D eigenvalue weighted by molar-refractivity contribution is 0.130. The van der Waals surface area contributed by atoms with Crippen LogP contribution in [0.2, 0.25) is 0 Å². The van der Waals surface area contributed by atoms with Gasteiger partial charge in [0.15, 0.2) is 0 Å². The second-order valence-corrected chi connectivity index (χ2v) is 7.57. The Labute approximate surface area is 177 Å². The summed E-state index contributed by atoms with van der Waals surface area (Å²) in [5.41, 5.74) is 3.83. The van der Waals surface area contributed by atoms with Gasteiger partial charge in [-0.2, -0.15) is 5.26 Å². The zero-order valence-electron chi connectivity index (χ0n) is 18.0. The van der Waals surface area contributed by atoms with Crippen LogP contribution >= 0.6 is 0 Å². The molecule has 30 heavy (non-hydrogen) atoms. The predicted octanol–water partition coefficient (Wildman–Crippen LogP) is 6.12. The molecule has 1 aromatic heterocycles. The average molecular weight is 405 g/mol. The second-order valence-electron chi connectivity index (χ2n) is 7.57. The minimum atomic E-state index is -0.506. The lowest BCUT2D eigenvalue weighted by atomic mass is 10.0. The van der Waals surface area contributed by atoms with Gasteiger partial charge in [0.1, 0.15) is 11.8 Å². The molecule has 6 nitrogen and oxygen atoms in total. The van der Waals surface area contributed by atoms with E-state index in [1.165, 1.54) is 0 Å². The molecule has 3 aromatic rings. The van der Waals surface area contributed by atoms with Crippen LogP contribution in [0, 0.1) is 11.3 Å². The molecule has 1 N–H and O–H groups in total. The molecule has 0 saturated carbocycles. The molecule has 0 aliphatic rings. The Kier molecular flexibility index (Phi) is 6.31. The summed E-state index contributed by atoms with van der Waals surface area (Å²) in [6.07, 6.45) is -0.713. The van der Waals surface area contributed by atoms with Gasteiger partial charge in [0.05, 0.1) is 29.5 Å². The molecule has 2 aromatic carbocycles. The topological polar surface area (TPSA) is 76.3 Å². The molecular weight excluding hydrogens is 378 g/mol. The number of nitriles is 1. The van der Waals surface area contributed by atoms with Gasteiger partial charge in [-0.3, -0.25) is 5.32 Å². The number of anilines is 1. The van der Waals surface area contributed by atoms with Crippen LogP contribution in [0.5, 0.6) is 5.75 Å². The van der Waals surface area contributed by atoms with E-state index in [4.69, 9.17) is 9.47 Å². The van der Waals surface area contributed by atoms with E-state index in [-0.39, 0.29) is 12.1 Å². The van der Waals surface area contributed by atoms with Crippen molar-refractivity contribution in [3.63, 3.8) is 0 Å². The minimum Gasteiger partial charge on any atom is -0.494 e. The summed E-state index contributed by atoms with van der Waals surface area (Å²) in [5, 5.41) is 13.6. The minimum absolute atomic E-state index is 0.130. The summed E-state index contributed by atoms with van der Waals surface area (Å²) < 4.78 is 13.0. The van der Waals surface area contributed by atoms with Gasteiger partial charge >= 0.3 is 6.09 Å². The van der Waals surface area contributed by atoms with Crippen molar-refractivity contribution < 1.29 is 14.3 Å². The van der Waals surface area contributed by atoms with Crippen LogP contribution in [0.25, 0.3) is 22.2 Å². The van der Waals surface area contributed by atoms with E-state index in [0.717, 1.165) is 27.9 Å².